The number of anilines is 1. The zero-order valence-electron chi connectivity index (χ0n) is 22.7. The van der Waals surface area contributed by atoms with Crippen LogP contribution in [-0.2, 0) is 23.3 Å². The van der Waals surface area contributed by atoms with E-state index in [1.807, 2.05) is 37.3 Å². The normalized spacial score (nSPS) is 13.6. The number of hydrogen-bond donors (Lipinski definition) is 1. The van der Waals surface area contributed by atoms with Crippen molar-refractivity contribution in [3.05, 3.63) is 65.6 Å². The summed E-state index contributed by atoms with van der Waals surface area (Å²) in [6.45, 7) is 8.63. The number of aromatic nitrogens is 5. The molecule has 11 nitrogen and oxygen atoms in total. The summed E-state index contributed by atoms with van der Waals surface area (Å²) in [6, 6.07) is 14.7. The molecule has 0 bridgehead atoms. The molecule has 0 fully saturated rings. The average molecular weight is 521 g/mol. The van der Waals surface area contributed by atoms with Crippen LogP contribution in [0.1, 0.15) is 70.5 Å². The predicted molar refractivity (Wildman–Crippen MR) is 146 cm³/mol. The molecule has 0 radical (unpaired) electrons. The maximum absolute atomic E-state index is 12.4. The first kappa shape index (κ1) is 28.4. The smallest absolute Gasteiger partial charge is 0.389 e. The van der Waals surface area contributed by atoms with E-state index >= 15 is 0 Å². The molecule has 11 heteroatoms. The van der Waals surface area contributed by atoms with Crippen LogP contribution in [0.4, 0.5) is 10.6 Å². The van der Waals surface area contributed by atoms with Gasteiger partial charge in [-0.15, -0.1) is 5.10 Å². The lowest BCUT2D eigenvalue weighted by Gasteiger charge is -2.19. The van der Waals surface area contributed by atoms with Gasteiger partial charge in [-0.25, -0.2) is 14.5 Å². The summed E-state index contributed by atoms with van der Waals surface area (Å²) in [6.07, 6.45) is 3.11. The highest BCUT2D eigenvalue weighted by atomic mass is 16.7. The molecule has 1 aromatic carbocycles. The summed E-state index contributed by atoms with van der Waals surface area (Å²) >= 11 is 0. The van der Waals surface area contributed by atoms with Crippen molar-refractivity contribution in [2.75, 3.05) is 5.32 Å². The average Bonchev–Trinajstić information content (AvgIpc) is 3.36. The first-order chi connectivity index (χ1) is 18.4. The highest BCUT2D eigenvalue weighted by molar-refractivity contribution is 6.10. The highest BCUT2D eigenvalue weighted by Gasteiger charge is 2.18. The summed E-state index contributed by atoms with van der Waals surface area (Å²) < 4.78 is 1.52. The Kier molecular flexibility index (Phi) is 10.9. The molecule has 3 rings (SSSR count). The van der Waals surface area contributed by atoms with Crippen LogP contribution in [0.5, 0.6) is 0 Å². The van der Waals surface area contributed by atoms with Gasteiger partial charge in [0, 0.05) is 18.5 Å². The van der Waals surface area contributed by atoms with Gasteiger partial charge in [-0.1, -0.05) is 80.8 Å². The van der Waals surface area contributed by atoms with Crippen LogP contribution < -0.4 is 5.32 Å². The Hall–Kier alpha value is -4.15. The third-order valence-electron chi connectivity index (χ3n) is 6.24. The number of pyridine rings is 1. The third-order valence-corrected chi connectivity index (χ3v) is 6.24. The molecule has 0 aliphatic carbocycles. The van der Waals surface area contributed by atoms with Gasteiger partial charge < -0.3 is 4.84 Å². The number of carbonyl (C=O) groups excluding carboxylic acids is 1. The van der Waals surface area contributed by atoms with Gasteiger partial charge in [0.25, 0.3) is 0 Å². The molecule has 0 aliphatic heterocycles. The molecule has 2 aromatic heterocycles. The molecule has 3 aromatic rings. The van der Waals surface area contributed by atoms with E-state index in [-0.39, 0.29) is 6.61 Å². The lowest BCUT2D eigenvalue weighted by Crippen LogP contribution is -2.19. The minimum absolute atomic E-state index is 0.0676. The number of tetrazole rings is 1. The van der Waals surface area contributed by atoms with E-state index < -0.39 is 6.09 Å². The van der Waals surface area contributed by atoms with Gasteiger partial charge in [-0.2, -0.15) is 0 Å². The fourth-order valence-corrected chi connectivity index (χ4v) is 3.89. The van der Waals surface area contributed by atoms with Gasteiger partial charge in [0.2, 0.25) is 5.82 Å². The van der Waals surface area contributed by atoms with Gasteiger partial charge in [0.05, 0.1) is 11.4 Å². The number of nitrogens with zero attached hydrogens (tertiary/aromatic N) is 7. The van der Waals surface area contributed by atoms with Crippen molar-refractivity contribution in [2.24, 2.45) is 29.2 Å². The van der Waals surface area contributed by atoms with Gasteiger partial charge in [0.15, 0.2) is 12.3 Å². The second-order valence-corrected chi connectivity index (χ2v) is 9.01. The number of oxime groups is 2. The fraction of sp³-hybridized carbons (Fsp3) is 0.444. The summed E-state index contributed by atoms with van der Waals surface area (Å²) in [5, 5.41) is 22.7. The topological polar surface area (TPSA) is 129 Å². The molecular formula is C27H36N8O3. The molecular weight excluding hydrogens is 484 g/mol. The molecule has 0 spiro atoms. The van der Waals surface area contributed by atoms with Crippen molar-refractivity contribution < 1.29 is 14.5 Å². The summed E-state index contributed by atoms with van der Waals surface area (Å²) in [5.74, 6) is 1.66. The van der Waals surface area contributed by atoms with Gasteiger partial charge >= 0.3 is 6.09 Å². The molecule has 2 unspecified atom stereocenters. The first-order valence-corrected chi connectivity index (χ1v) is 12.9. The minimum atomic E-state index is -0.695. The number of aryl methyl sites for hydroxylation is 1. The Balaban J connectivity index is 1.63. The Labute approximate surface area is 223 Å². The third kappa shape index (κ3) is 8.19. The molecule has 1 amide bonds. The van der Waals surface area contributed by atoms with E-state index in [0.29, 0.717) is 34.9 Å². The van der Waals surface area contributed by atoms with Crippen LogP contribution >= 0.6 is 0 Å². The summed E-state index contributed by atoms with van der Waals surface area (Å²) in [4.78, 5) is 27.6. The van der Waals surface area contributed by atoms with Crippen LogP contribution in [0.2, 0.25) is 0 Å². The Morgan fingerprint density at radius 2 is 1.84 bits per heavy atom. The van der Waals surface area contributed by atoms with E-state index in [1.54, 1.807) is 25.2 Å². The van der Waals surface area contributed by atoms with E-state index in [2.05, 4.69) is 56.9 Å². The first-order valence-electron chi connectivity index (χ1n) is 12.9. The monoisotopic (exact) mass is 520 g/mol. The highest BCUT2D eigenvalue weighted by Crippen LogP contribution is 2.21. The molecule has 0 saturated heterocycles. The lowest BCUT2D eigenvalue weighted by atomic mass is 9.87. The van der Waals surface area contributed by atoms with Gasteiger partial charge in [-0.3, -0.25) is 10.2 Å². The Bertz CT molecular complexity index is 1230. The lowest BCUT2D eigenvalue weighted by molar-refractivity contribution is 0.128. The van der Waals surface area contributed by atoms with Crippen molar-refractivity contribution >= 4 is 23.3 Å². The number of carbonyl (C=O) groups is 1. The van der Waals surface area contributed by atoms with Crippen molar-refractivity contribution in [1.82, 2.24) is 25.2 Å². The fourth-order valence-electron chi connectivity index (χ4n) is 3.89. The van der Waals surface area contributed by atoms with E-state index in [1.165, 1.54) is 4.68 Å². The predicted octanol–water partition coefficient (Wildman–Crippen LogP) is 5.35. The zero-order valence-corrected chi connectivity index (χ0v) is 22.7. The maximum atomic E-state index is 12.4. The molecule has 0 aliphatic rings. The van der Waals surface area contributed by atoms with E-state index in [4.69, 9.17) is 9.68 Å². The molecule has 2 heterocycles. The molecule has 38 heavy (non-hydrogen) atoms. The van der Waals surface area contributed by atoms with Crippen molar-refractivity contribution in [3.8, 4) is 0 Å². The Morgan fingerprint density at radius 3 is 2.50 bits per heavy atom. The van der Waals surface area contributed by atoms with Crippen molar-refractivity contribution in [3.63, 3.8) is 0 Å². The standard InChI is InChI=1S/C27H36N8O3/c1-6-19(4)17-20(7-2)23(8-3)31-38-27(36)29-24-16-12-15-22(28-24)18-37-32-25(21-13-10-9-11-14-21)26-30-33-34-35(26)5/h9-16,19-20H,6-8,17-18H2,1-5H3,(H,28,29,36)/b31-23-,32-25-. The zero-order chi connectivity index (χ0) is 27.3. The summed E-state index contributed by atoms with van der Waals surface area (Å²) in [7, 11) is 1.73. The quantitative estimate of drug-likeness (QED) is 0.183. The number of benzene rings is 1. The number of nitrogens with one attached hydrogen (secondary N) is 1. The second kappa shape index (κ2) is 14.6. The molecule has 0 saturated carbocycles. The van der Waals surface area contributed by atoms with Crippen LogP contribution in [0.3, 0.4) is 0 Å². The maximum Gasteiger partial charge on any atom is 0.439 e. The molecule has 2 atom stereocenters. The number of rotatable bonds is 13. The minimum Gasteiger partial charge on any atom is -0.389 e. The van der Waals surface area contributed by atoms with E-state index in [9.17, 15) is 4.79 Å². The van der Waals surface area contributed by atoms with Crippen molar-refractivity contribution in [1.29, 1.82) is 0 Å². The van der Waals surface area contributed by atoms with Gasteiger partial charge in [0.1, 0.15) is 5.82 Å². The second-order valence-electron chi connectivity index (χ2n) is 9.01. The Morgan fingerprint density at radius 1 is 1.05 bits per heavy atom. The van der Waals surface area contributed by atoms with Crippen LogP contribution in [0.15, 0.2) is 58.8 Å². The number of hydrogen-bond acceptors (Lipinski definition) is 9. The molecule has 202 valence electrons. The van der Waals surface area contributed by atoms with Crippen LogP contribution in [-0.4, -0.2) is 42.7 Å². The number of amides is 1. The van der Waals surface area contributed by atoms with Crippen LogP contribution in [0, 0.1) is 11.8 Å². The summed E-state index contributed by atoms with van der Waals surface area (Å²) in [5.41, 5.74) is 2.74. The van der Waals surface area contributed by atoms with Crippen molar-refractivity contribution in [2.45, 2.75) is 60.0 Å². The van der Waals surface area contributed by atoms with Crippen LogP contribution in [0.25, 0.3) is 0 Å². The van der Waals surface area contributed by atoms with E-state index in [0.717, 1.165) is 37.0 Å². The van der Waals surface area contributed by atoms with Gasteiger partial charge in [-0.05, 0) is 47.7 Å². The SMILES string of the molecule is CC/C(=N/OC(=O)Nc1cccc(CO/N=C(/c2ccccc2)c2nnnn2C)n1)C(CC)CC(C)CC. The molecule has 1 N–H and O–H groups in total. The largest absolute Gasteiger partial charge is 0.439 e.